The van der Waals surface area contributed by atoms with Crippen molar-refractivity contribution in [2.45, 2.75) is 19.6 Å². The molecule has 4 aromatic rings. The maximum Gasteiger partial charge on any atom is 0.261 e. The lowest BCUT2D eigenvalue weighted by Crippen LogP contribution is -2.30. The number of amides is 3. The average Bonchev–Trinajstić information content (AvgIpc) is 3.59. The summed E-state index contributed by atoms with van der Waals surface area (Å²) in [7, 11) is 0. The van der Waals surface area contributed by atoms with Crippen molar-refractivity contribution >= 4 is 17.7 Å². The van der Waals surface area contributed by atoms with E-state index in [1.54, 1.807) is 41.5 Å². The van der Waals surface area contributed by atoms with Crippen molar-refractivity contribution in [3.63, 3.8) is 0 Å². The maximum absolute atomic E-state index is 13.5. The predicted molar refractivity (Wildman–Crippen MR) is 118 cm³/mol. The Morgan fingerprint density at radius 1 is 0.758 bits per heavy atom. The Hall–Kier alpha value is -4.39. The highest BCUT2D eigenvalue weighted by Crippen LogP contribution is 2.27. The van der Waals surface area contributed by atoms with E-state index in [2.05, 4.69) is 0 Å². The van der Waals surface area contributed by atoms with Crippen LogP contribution >= 0.6 is 0 Å². The minimum Gasteiger partial charge on any atom is -0.467 e. The van der Waals surface area contributed by atoms with Crippen molar-refractivity contribution in [3.8, 4) is 0 Å². The molecule has 0 fully saturated rings. The van der Waals surface area contributed by atoms with Crippen LogP contribution in [0.25, 0.3) is 0 Å². The number of hydrogen-bond acceptors (Lipinski definition) is 5. The van der Waals surface area contributed by atoms with Crippen molar-refractivity contribution in [2.75, 3.05) is 0 Å². The number of carbonyl (C=O) groups excluding carboxylic acids is 3. The van der Waals surface area contributed by atoms with Gasteiger partial charge in [0.1, 0.15) is 11.5 Å². The molecule has 0 unspecified atom stereocenters. The number of benzene rings is 2. The topological polar surface area (TPSA) is 84.0 Å². The zero-order valence-corrected chi connectivity index (χ0v) is 17.6. The number of imide groups is 1. The quantitative estimate of drug-likeness (QED) is 0.395. The first kappa shape index (κ1) is 20.5. The molecule has 0 N–H and O–H groups in total. The Labute approximate surface area is 189 Å². The van der Waals surface area contributed by atoms with E-state index >= 15 is 0 Å². The van der Waals surface area contributed by atoms with Crippen LogP contribution in [0.15, 0.2) is 94.2 Å². The summed E-state index contributed by atoms with van der Waals surface area (Å²) in [5, 5.41) is 0. The first-order valence-corrected chi connectivity index (χ1v) is 10.5. The second kappa shape index (κ2) is 8.63. The maximum atomic E-state index is 13.5. The molecular weight excluding hydrogens is 420 g/mol. The fourth-order valence-electron chi connectivity index (χ4n) is 3.90. The first-order valence-electron chi connectivity index (χ1n) is 10.5. The van der Waals surface area contributed by atoms with Gasteiger partial charge in [-0.1, -0.05) is 30.3 Å². The van der Waals surface area contributed by atoms with E-state index < -0.39 is 11.8 Å². The smallest absolute Gasteiger partial charge is 0.261 e. The Bertz CT molecular complexity index is 1290. The molecular formula is C26H20N2O5. The van der Waals surface area contributed by atoms with E-state index in [1.807, 2.05) is 36.4 Å². The van der Waals surface area contributed by atoms with Crippen LogP contribution in [0.5, 0.6) is 0 Å². The number of fused-ring (bicyclic) bond motifs is 1. The Morgan fingerprint density at radius 3 is 2.15 bits per heavy atom. The van der Waals surface area contributed by atoms with Crippen molar-refractivity contribution in [1.82, 2.24) is 9.80 Å². The summed E-state index contributed by atoms with van der Waals surface area (Å²) >= 11 is 0. The van der Waals surface area contributed by atoms with Gasteiger partial charge in [0.05, 0.1) is 36.7 Å². The van der Waals surface area contributed by atoms with Gasteiger partial charge in [-0.05, 0) is 48.0 Å². The minimum atomic E-state index is -0.443. The van der Waals surface area contributed by atoms with Crippen LogP contribution in [-0.4, -0.2) is 27.5 Å². The molecule has 0 spiro atoms. The lowest BCUT2D eigenvalue weighted by atomic mass is 10.0. The molecule has 1 aliphatic heterocycles. The summed E-state index contributed by atoms with van der Waals surface area (Å²) in [6.45, 7) is 0.686. The van der Waals surface area contributed by atoms with Crippen LogP contribution in [-0.2, 0) is 19.6 Å². The molecule has 33 heavy (non-hydrogen) atoms. The second-order valence-corrected chi connectivity index (χ2v) is 7.76. The largest absolute Gasteiger partial charge is 0.467 e. The van der Waals surface area contributed by atoms with Gasteiger partial charge in [-0.25, -0.2) is 0 Å². The molecule has 0 saturated carbocycles. The van der Waals surface area contributed by atoms with Crippen LogP contribution in [0.2, 0.25) is 0 Å². The summed E-state index contributed by atoms with van der Waals surface area (Å²) in [5.74, 6) is 0.0521. The van der Waals surface area contributed by atoms with E-state index in [1.165, 1.54) is 12.3 Å². The lowest BCUT2D eigenvalue weighted by molar-refractivity contribution is 0.0631. The van der Waals surface area contributed by atoms with Crippen molar-refractivity contribution in [3.05, 3.63) is 119 Å². The molecule has 5 rings (SSSR count). The number of rotatable bonds is 7. The van der Waals surface area contributed by atoms with E-state index in [0.717, 1.165) is 10.5 Å². The van der Waals surface area contributed by atoms with Crippen molar-refractivity contribution in [1.29, 1.82) is 0 Å². The molecule has 3 amide bonds. The van der Waals surface area contributed by atoms with Gasteiger partial charge in [0.15, 0.2) is 0 Å². The molecule has 0 radical (unpaired) electrons. The van der Waals surface area contributed by atoms with E-state index in [9.17, 15) is 14.4 Å². The van der Waals surface area contributed by atoms with Gasteiger partial charge in [-0.2, -0.15) is 0 Å². The lowest BCUT2D eigenvalue weighted by Gasteiger charge is -2.22. The third-order valence-corrected chi connectivity index (χ3v) is 5.54. The average molecular weight is 440 g/mol. The van der Waals surface area contributed by atoms with E-state index in [-0.39, 0.29) is 30.1 Å². The molecule has 3 heterocycles. The standard InChI is InChI=1S/C26H20N2O5/c29-24(27(16-20-8-4-12-32-20)15-18-6-2-1-3-7-18)19-10-11-22-23(14-19)26(31)28(25(22)30)17-21-9-5-13-33-21/h1-14H,15-17H2. The summed E-state index contributed by atoms with van der Waals surface area (Å²) in [6, 6.07) is 21.2. The van der Waals surface area contributed by atoms with Crippen molar-refractivity contribution < 1.29 is 23.2 Å². The summed E-state index contributed by atoms with van der Waals surface area (Å²) in [4.78, 5) is 41.9. The van der Waals surface area contributed by atoms with Crippen LogP contribution in [0.1, 0.15) is 48.2 Å². The zero-order valence-electron chi connectivity index (χ0n) is 17.6. The minimum absolute atomic E-state index is 0.0429. The molecule has 164 valence electrons. The van der Waals surface area contributed by atoms with E-state index in [4.69, 9.17) is 8.83 Å². The summed E-state index contributed by atoms with van der Waals surface area (Å²) < 4.78 is 10.7. The zero-order chi connectivity index (χ0) is 22.8. The Balaban J connectivity index is 1.42. The fourth-order valence-corrected chi connectivity index (χ4v) is 3.90. The molecule has 7 nitrogen and oxygen atoms in total. The van der Waals surface area contributed by atoms with Gasteiger partial charge < -0.3 is 13.7 Å². The van der Waals surface area contributed by atoms with Crippen LogP contribution in [0.3, 0.4) is 0 Å². The monoisotopic (exact) mass is 440 g/mol. The Morgan fingerprint density at radius 2 is 1.45 bits per heavy atom. The molecule has 2 aromatic heterocycles. The Kier molecular flexibility index (Phi) is 5.36. The predicted octanol–water partition coefficient (Wildman–Crippen LogP) is 4.51. The third kappa shape index (κ3) is 4.08. The molecule has 2 aromatic carbocycles. The van der Waals surface area contributed by atoms with Crippen molar-refractivity contribution in [2.24, 2.45) is 0 Å². The van der Waals surface area contributed by atoms with Gasteiger partial charge in [0, 0.05) is 12.1 Å². The van der Waals surface area contributed by atoms with Gasteiger partial charge in [0.2, 0.25) is 0 Å². The van der Waals surface area contributed by atoms with Gasteiger partial charge >= 0.3 is 0 Å². The fraction of sp³-hybridized carbons (Fsp3) is 0.115. The molecule has 0 saturated heterocycles. The molecule has 0 atom stereocenters. The number of furan rings is 2. The third-order valence-electron chi connectivity index (χ3n) is 5.54. The molecule has 0 aliphatic carbocycles. The normalized spacial score (nSPS) is 12.8. The molecule has 0 bridgehead atoms. The highest BCUT2D eigenvalue weighted by molar-refractivity contribution is 6.22. The SMILES string of the molecule is O=C(c1ccc2c(c1)C(=O)N(Cc1ccco1)C2=O)N(Cc1ccccc1)Cc1ccco1. The number of carbonyl (C=O) groups is 3. The van der Waals surface area contributed by atoms with Crippen LogP contribution in [0, 0.1) is 0 Å². The van der Waals surface area contributed by atoms with Crippen LogP contribution < -0.4 is 0 Å². The van der Waals surface area contributed by atoms with Crippen LogP contribution in [0.4, 0.5) is 0 Å². The highest BCUT2D eigenvalue weighted by atomic mass is 16.3. The highest BCUT2D eigenvalue weighted by Gasteiger charge is 2.36. The molecule has 7 heteroatoms. The van der Waals surface area contributed by atoms with Gasteiger partial charge in [0.25, 0.3) is 17.7 Å². The van der Waals surface area contributed by atoms with E-state index in [0.29, 0.717) is 23.6 Å². The van der Waals surface area contributed by atoms with Gasteiger partial charge in [-0.15, -0.1) is 0 Å². The number of hydrogen-bond donors (Lipinski definition) is 0. The molecule has 1 aliphatic rings. The summed E-state index contributed by atoms with van der Waals surface area (Å²) in [5.41, 5.74) is 1.80. The number of nitrogens with zero attached hydrogens (tertiary/aromatic N) is 2. The first-order chi connectivity index (χ1) is 16.1. The van der Waals surface area contributed by atoms with Gasteiger partial charge in [-0.3, -0.25) is 19.3 Å². The second-order valence-electron chi connectivity index (χ2n) is 7.76. The summed E-state index contributed by atoms with van der Waals surface area (Å²) in [6.07, 6.45) is 3.05.